The molecule has 1 amide bonds. The Morgan fingerprint density at radius 3 is 2.84 bits per heavy atom. The van der Waals surface area contributed by atoms with Gasteiger partial charge in [0, 0.05) is 37.0 Å². The second-order valence-electron chi connectivity index (χ2n) is 6.27. The molecule has 0 spiro atoms. The van der Waals surface area contributed by atoms with E-state index in [1.54, 1.807) is 12.3 Å². The lowest BCUT2D eigenvalue weighted by atomic mass is 10.1. The second-order valence-corrected chi connectivity index (χ2v) is 6.27. The number of benzene rings is 1. The number of hydrogen-bond donors (Lipinski definition) is 1. The first-order chi connectivity index (χ1) is 12.2. The maximum Gasteiger partial charge on any atom is 0.253 e. The Morgan fingerprint density at radius 1 is 1.32 bits per heavy atom. The molecule has 1 fully saturated rings. The Hall–Kier alpha value is -2.47. The fourth-order valence-corrected chi connectivity index (χ4v) is 3.00. The number of piperidine rings is 1. The molecule has 1 aromatic heterocycles. The average Bonchev–Trinajstić information content (AvgIpc) is 2.66. The summed E-state index contributed by atoms with van der Waals surface area (Å²) in [6.07, 6.45) is 4.78. The number of likely N-dealkylation sites (tertiary alicyclic amines) is 1. The summed E-state index contributed by atoms with van der Waals surface area (Å²) in [6.45, 7) is 4.29. The predicted octanol–water partition coefficient (Wildman–Crippen LogP) is 2.76. The summed E-state index contributed by atoms with van der Waals surface area (Å²) in [4.78, 5) is 23.0. The highest BCUT2D eigenvalue weighted by Gasteiger charge is 2.24. The van der Waals surface area contributed by atoms with Crippen LogP contribution in [0.4, 0.5) is 5.82 Å². The van der Waals surface area contributed by atoms with Crippen LogP contribution in [0.3, 0.4) is 0 Å². The molecular weight excluding hydrogens is 316 g/mol. The van der Waals surface area contributed by atoms with Gasteiger partial charge < -0.3 is 15.4 Å². The third-order valence-electron chi connectivity index (χ3n) is 4.29. The SMILES string of the molecule is CCCO[C@@H]1CCCN(C(=O)c2ccc(-c3nccc(N)n3)cc2)C1. The first-order valence-corrected chi connectivity index (χ1v) is 8.77. The molecule has 0 aliphatic carbocycles. The number of amides is 1. The Morgan fingerprint density at radius 2 is 2.12 bits per heavy atom. The van der Waals surface area contributed by atoms with E-state index in [9.17, 15) is 4.79 Å². The van der Waals surface area contributed by atoms with Gasteiger partial charge in [-0.25, -0.2) is 9.97 Å². The van der Waals surface area contributed by atoms with Crippen molar-refractivity contribution in [1.82, 2.24) is 14.9 Å². The number of nitrogens with two attached hydrogens (primary N) is 1. The van der Waals surface area contributed by atoms with Gasteiger partial charge in [0.15, 0.2) is 5.82 Å². The van der Waals surface area contributed by atoms with Crippen LogP contribution in [0.25, 0.3) is 11.4 Å². The molecule has 2 aromatic rings. The topological polar surface area (TPSA) is 81.3 Å². The van der Waals surface area contributed by atoms with Gasteiger partial charge >= 0.3 is 0 Å². The maximum atomic E-state index is 12.7. The van der Waals surface area contributed by atoms with Gasteiger partial charge in [-0.05, 0) is 37.5 Å². The van der Waals surface area contributed by atoms with Gasteiger partial charge in [0.2, 0.25) is 0 Å². The molecule has 1 aromatic carbocycles. The van der Waals surface area contributed by atoms with Crippen molar-refractivity contribution in [3.05, 3.63) is 42.1 Å². The number of nitrogen functional groups attached to an aromatic ring is 1. The lowest BCUT2D eigenvalue weighted by Gasteiger charge is -2.32. The fourth-order valence-electron chi connectivity index (χ4n) is 3.00. The van der Waals surface area contributed by atoms with Gasteiger partial charge in [-0.15, -0.1) is 0 Å². The minimum absolute atomic E-state index is 0.0462. The number of ether oxygens (including phenoxy) is 1. The van der Waals surface area contributed by atoms with Gasteiger partial charge in [-0.2, -0.15) is 0 Å². The quantitative estimate of drug-likeness (QED) is 0.905. The van der Waals surface area contributed by atoms with Gasteiger partial charge in [-0.3, -0.25) is 4.79 Å². The van der Waals surface area contributed by atoms with Crippen molar-refractivity contribution >= 4 is 11.7 Å². The Balaban J connectivity index is 1.68. The van der Waals surface area contributed by atoms with Crippen LogP contribution in [0.2, 0.25) is 0 Å². The van der Waals surface area contributed by atoms with Gasteiger partial charge in [-0.1, -0.05) is 19.1 Å². The van der Waals surface area contributed by atoms with Crippen LogP contribution < -0.4 is 5.73 Å². The standard InChI is InChI=1S/C19H24N4O2/c1-2-12-25-16-4-3-11-23(13-16)19(24)15-7-5-14(6-8-15)18-21-10-9-17(20)22-18/h5-10,16H,2-4,11-13H2,1H3,(H2,20,21,22)/t16-/m1/s1. The number of anilines is 1. The molecule has 1 aliphatic heterocycles. The van der Waals surface area contributed by atoms with Crippen molar-refractivity contribution in [1.29, 1.82) is 0 Å². The first kappa shape index (κ1) is 17.4. The van der Waals surface area contributed by atoms with Crippen LogP contribution in [-0.4, -0.2) is 46.6 Å². The number of nitrogens with zero attached hydrogens (tertiary/aromatic N) is 3. The van der Waals surface area contributed by atoms with Crippen LogP contribution >= 0.6 is 0 Å². The molecule has 0 radical (unpaired) electrons. The monoisotopic (exact) mass is 340 g/mol. The molecule has 2 N–H and O–H groups in total. The van der Waals surface area contributed by atoms with Crippen molar-refractivity contribution < 1.29 is 9.53 Å². The molecule has 3 rings (SSSR count). The molecule has 25 heavy (non-hydrogen) atoms. The Bertz CT molecular complexity index is 718. The van der Waals surface area contributed by atoms with Gasteiger partial charge in [0.05, 0.1) is 6.10 Å². The van der Waals surface area contributed by atoms with Crippen LogP contribution in [0.1, 0.15) is 36.5 Å². The van der Waals surface area contributed by atoms with E-state index in [1.807, 2.05) is 29.2 Å². The van der Waals surface area contributed by atoms with Crippen molar-refractivity contribution in [3.8, 4) is 11.4 Å². The summed E-state index contributed by atoms with van der Waals surface area (Å²) < 4.78 is 5.81. The zero-order chi connectivity index (χ0) is 17.6. The molecule has 132 valence electrons. The Kier molecular flexibility index (Phi) is 5.60. The van der Waals surface area contributed by atoms with Crippen molar-refractivity contribution in [2.45, 2.75) is 32.3 Å². The largest absolute Gasteiger partial charge is 0.384 e. The molecule has 1 saturated heterocycles. The first-order valence-electron chi connectivity index (χ1n) is 8.77. The number of carbonyl (C=O) groups is 1. The molecule has 0 bridgehead atoms. The molecule has 0 unspecified atom stereocenters. The van der Waals surface area contributed by atoms with E-state index in [4.69, 9.17) is 10.5 Å². The van der Waals surface area contributed by atoms with Crippen LogP contribution in [0.5, 0.6) is 0 Å². The van der Waals surface area contributed by atoms with Crippen molar-refractivity contribution in [2.75, 3.05) is 25.4 Å². The highest BCUT2D eigenvalue weighted by molar-refractivity contribution is 5.94. The normalized spacial score (nSPS) is 17.5. The molecule has 1 atom stereocenters. The summed E-state index contributed by atoms with van der Waals surface area (Å²) in [7, 11) is 0. The third-order valence-corrected chi connectivity index (χ3v) is 4.29. The number of rotatable bonds is 5. The van der Waals surface area contributed by atoms with E-state index >= 15 is 0 Å². The third kappa shape index (κ3) is 4.33. The van der Waals surface area contributed by atoms with E-state index < -0.39 is 0 Å². The van der Waals surface area contributed by atoms with E-state index in [0.717, 1.165) is 38.0 Å². The molecule has 6 heteroatoms. The van der Waals surface area contributed by atoms with E-state index in [2.05, 4.69) is 16.9 Å². The molecule has 0 saturated carbocycles. The summed E-state index contributed by atoms with van der Waals surface area (Å²) in [5, 5.41) is 0. The second kappa shape index (κ2) is 8.07. The highest BCUT2D eigenvalue weighted by Crippen LogP contribution is 2.19. The van der Waals surface area contributed by atoms with E-state index in [1.165, 1.54) is 0 Å². The van der Waals surface area contributed by atoms with Gasteiger partial charge in [0.25, 0.3) is 5.91 Å². The Labute approximate surface area is 148 Å². The van der Waals surface area contributed by atoms with Crippen LogP contribution in [0.15, 0.2) is 36.5 Å². The lowest BCUT2D eigenvalue weighted by Crippen LogP contribution is -2.43. The number of hydrogen-bond acceptors (Lipinski definition) is 5. The average molecular weight is 340 g/mol. The fraction of sp³-hybridized carbons (Fsp3) is 0.421. The molecular formula is C19H24N4O2. The van der Waals surface area contributed by atoms with Crippen molar-refractivity contribution in [3.63, 3.8) is 0 Å². The van der Waals surface area contributed by atoms with E-state index in [0.29, 0.717) is 23.8 Å². The zero-order valence-electron chi connectivity index (χ0n) is 14.5. The van der Waals surface area contributed by atoms with Crippen molar-refractivity contribution in [2.24, 2.45) is 0 Å². The maximum absolute atomic E-state index is 12.7. The minimum atomic E-state index is 0.0462. The molecule has 1 aliphatic rings. The van der Waals surface area contributed by atoms with Crippen LogP contribution in [-0.2, 0) is 4.74 Å². The smallest absolute Gasteiger partial charge is 0.253 e. The number of aromatic nitrogens is 2. The highest BCUT2D eigenvalue weighted by atomic mass is 16.5. The summed E-state index contributed by atoms with van der Waals surface area (Å²) >= 11 is 0. The molecule has 2 heterocycles. The van der Waals surface area contributed by atoms with Gasteiger partial charge in [0.1, 0.15) is 5.82 Å². The van der Waals surface area contributed by atoms with E-state index in [-0.39, 0.29) is 12.0 Å². The summed E-state index contributed by atoms with van der Waals surface area (Å²) in [6, 6.07) is 9.00. The zero-order valence-corrected chi connectivity index (χ0v) is 14.5. The summed E-state index contributed by atoms with van der Waals surface area (Å²) in [5.74, 6) is 1.03. The lowest BCUT2D eigenvalue weighted by molar-refractivity contribution is 0.00211. The predicted molar refractivity (Wildman–Crippen MR) is 97.0 cm³/mol. The number of carbonyl (C=O) groups excluding carboxylic acids is 1. The molecule has 6 nitrogen and oxygen atoms in total. The summed E-state index contributed by atoms with van der Waals surface area (Å²) in [5.41, 5.74) is 7.21. The minimum Gasteiger partial charge on any atom is -0.384 e. The van der Waals surface area contributed by atoms with Crippen LogP contribution in [0, 0.1) is 0 Å².